The number of anilines is 1. The highest BCUT2D eigenvalue weighted by Crippen LogP contribution is 2.34. The number of rotatable bonds is 6. The normalized spacial score (nSPS) is 16.8. The molecule has 1 unspecified atom stereocenters. The molecule has 0 bridgehead atoms. The summed E-state index contributed by atoms with van der Waals surface area (Å²) in [5.74, 6) is -2.09. The van der Waals surface area contributed by atoms with Gasteiger partial charge >= 0.3 is 0 Å². The molecule has 1 aliphatic heterocycles. The van der Waals surface area contributed by atoms with Gasteiger partial charge in [0.1, 0.15) is 17.6 Å². The van der Waals surface area contributed by atoms with Crippen molar-refractivity contribution >= 4 is 11.2 Å². The van der Waals surface area contributed by atoms with Crippen molar-refractivity contribution in [3.05, 3.63) is 79.0 Å². The Bertz CT molecular complexity index is 1640. The van der Waals surface area contributed by atoms with Gasteiger partial charge in [-0.2, -0.15) is 10.2 Å². The van der Waals surface area contributed by atoms with E-state index in [0.717, 1.165) is 45.7 Å². The van der Waals surface area contributed by atoms with Crippen molar-refractivity contribution < 1.29 is 18.3 Å². The Kier molecular flexibility index (Phi) is 5.93. The molecule has 0 amide bonds. The highest BCUT2D eigenvalue weighted by Gasteiger charge is 2.32. The summed E-state index contributed by atoms with van der Waals surface area (Å²) in [4.78, 5) is 4.03. The minimum atomic E-state index is -0.733. The average Bonchev–Trinajstić information content (AvgIpc) is 3.60. The second-order valence-corrected chi connectivity index (χ2v) is 9.82. The SMILES string of the molecule is Cn1cc(-c2ccc3c(-c4cc(NCC5COC(C)(C)O5)cc(-c5ncc(F)cc5F)c4)cnn3c2)cn1. The number of nitrogens with one attached hydrogen (secondary N) is 1. The zero-order chi connectivity index (χ0) is 26.4. The van der Waals surface area contributed by atoms with E-state index < -0.39 is 17.4 Å². The van der Waals surface area contributed by atoms with Crippen LogP contribution in [0.25, 0.3) is 39.0 Å². The molecule has 1 N–H and O–H groups in total. The van der Waals surface area contributed by atoms with Gasteiger partial charge in [-0.3, -0.25) is 9.67 Å². The Morgan fingerprint density at radius 1 is 0.974 bits per heavy atom. The third kappa shape index (κ3) is 4.75. The fourth-order valence-electron chi connectivity index (χ4n) is 4.69. The maximum Gasteiger partial charge on any atom is 0.163 e. The monoisotopic (exact) mass is 516 g/mol. The molecule has 38 heavy (non-hydrogen) atoms. The van der Waals surface area contributed by atoms with E-state index in [9.17, 15) is 8.78 Å². The summed E-state index contributed by atoms with van der Waals surface area (Å²) in [6.07, 6.45) is 8.34. The van der Waals surface area contributed by atoms with E-state index in [2.05, 4.69) is 20.5 Å². The number of pyridine rings is 2. The molecule has 0 spiro atoms. The van der Waals surface area contributed by atoms with Crippen molar-refractivity contribution in [1.29, 1.82) is 0 Å². The Morgan fingerprint density at radius 2 is 1.82 bits per heavy atom. The first-order valence-electron chi connectivity index (χ1n) is 12.2. The van der Waals surface area contributed by atoms with E-state index in [0.29, 0.717) is 18.7 Å². The van der Waals surface area contributed by atoms with Crippen LogP contribution in [-0.2, 0) is 16.5 Å². The van der Waals surface area contributed by atoms with E-state index in [-0.39, 0.29) is 11.8 Å². The number of benzene rings is 1. The van der Waals surface area contributed by atoms with Gasteiger partial charge in [0.15, 0.2) is 11.6 Å². The third-order valence-electron chi connectivity index (χ3n) is 6.48. The number of fused-ring (bicyclic) bond motifs is 1. The zero-order valence-electron chi connectivity index (χ0n) is 21.2. The summed E-state index contributed by atoms with van der Waals surface area (Å²) in [5, 5.41) is 12.2. The molecule has 5 aromatic rings. The van der Waals surface area contributed by atoms with Crippen LogP contribution in [0.5, 0.6) is 0 Å². The summed E-state index contributed by atoms with van der Waals surface area (Å²) < 4.78 is 43.4. The summed E-state index contributed by atoms with van der Waals surface area (Å²) in [5.41, 5.74) is 5.83. The molecule has 1 aromatic carbocycles. The van der Waals surface area contributed by atoms with Crippen LogP contribution in [-0.4, -0.2) is 49.4 Å². The van der Waals surface area contributed by atoms with Gasteiger partial charge in [-0.25, -0.2) is 13.3 Å². The summed E-state index contributed by atoms with van der Waals surface area (Å²) in [6.45, 7) is 4.71. The smallest absolute Gasteiger partial charge is 0.163 e. The molecule has 8 nitrogen and oxygen atoms in total. The highest BCUT2D eigenvalue weighted by molar-refractivity contribution is 5.85. The summed E-state index contributed by atoms with van der Waals surface area (Å²) >= 11 is 0. The van der Waals surface area contributed by atoms with Crippen LogP contribution in [0.4, 0.5) is 14.5 Å². The van der Waals surface area contributed by atoms with Gasteiger partial charge in [0.05, 0.1) is 30.7 Å². The Morgan fingerprint density at radius 3 is 2.55 bits per heavy atom. The molecule has 1 fully saturated rings. The second-order valence-electron chi connectivity index (χ2n) is 9.82. The van der Waals surface area contributed by atoms with Gasteiger partial charge < -0.3 is 14.8 Å². The Labute approximate surface area is 217 Å². The molecule has 0 aliphatic carbocycles. The first-order chi connectivity index (χ1) is 18.2. The van der Waals surface area contributed by atoms with Crippen molar-refractivity contribution in [3.63, 3.8) is 0 Å². The van der Waals surface area contributed by atoms with Crippen LogP contribution in [0.15, 0.2) is 67.4 Å². The van der Waals surface area contributed by atoms with E-state index in [1.54, 1.807) is 27.7 Å². The van der Waals surface area contributed by atoms with E-state index in [4.69, 9.17) is 9.47 Å². The molecule has 0 saturated carbocycles. The fourth-order valence-corrected chi connectivity index (χ4v) is 4.69. The number of aromatic nitrogens is 5. The molecule has 6 rings (SSSR count). The Hall–Kier alpha value is -4.15. The minimum Gasteiger partial charge on any atom is -0.382 e. The molecule has 4 aromatic heterocycles. The van der Waals surface area contributed by atoms with Crippen molar-refractivity contribution in [2.45, 2.75) is 25.7 Å². The van der Waals surface area contributed by atoms with E-state index in [1.165, 1.54) is 0 Å². The van der Waals surface area contributed by atoms with Gasteiger partial charge in [-0.05, 0) is 43.7 Å². The predicted molar refractivity (Wildman–Crippen MR) is 139 cm³/mol. The zero-order valence-corrected chi connectivity index (χ0v) is 21.2. The summed E-state index contributed by atoms with van der Waals surface area (Å²) in [7, 11) is 1.87. The molecule has 1 aliphatic rings. The van der Waals surface area contributed by atoms with Crippen molar-refractivity contribution in [2.75, 3.05) is 18.5 Å². The molecule has 1 atom stereocenters. The van der Waals surface area contributed by atoms with Crippen molar-refractivity contribution in [2.24, 2.45) is 7.05 Å². The van der Waals surface area contributed by atoms with Crippen LogP contribution in [0.1, 0.15) is 13.8 Å². The number of nitrogens with zero attached hydrogens (tertiary/aromatic N) is 5. The van der Waals surface area contributed by atoms with Crippen LogP contribution >= 0.6 is 0 Å². The lowest BCUT2D eigenvalue weighted by atomic mass is 10.0. The standard InChI is InChI=1S/C28H26F2N6O2/c1-28(2)37-16-23(38-28)12-31-22-7-18(6-19(8-22)27-25(30)9-21(29)11-32-27)24-13-34-36-15-17(4-5-26(24)36)20-10-33-35(3)14-20/h4-11,13-15,23,31H,12,16H2,1-3H3. The third-order valence-corrected chi connectivity index (χ3v) is 6.48. The molecule has 1 saturated heterocycles. The number of ether oxygens (including phenoxy) is 2. The molecular formula is C28H26F2N6O2. The summed E-state index contributed by atoms with van der Waals surface area (Å²) in [6, 6.07) is 10.4. The number of hydrogen-bond donors (Lipinski definition) is 1. The average molecular weight is 517 g/mol. The first-order valence-corrected chi connectivity index (χ1v) is 12.2. The lowest BCUT2D eigenvalue weighted by molar-refractivity contribution is -0.136. The van der Waals surface area contributed by atoms with Crippen LogP contribution in [0.3, 0.4) is 0 Å². The van der Waals surface area contributed by atoms with Crippen LogP contribution in [0.2, 0.25) is 0 Å². The minimum absolute atomic E-state index is 0.0632. The second kappa shape index (κ2) is 9.30. The lowest BCUT2D eigenvalue weighted by Crippen LogP contribution is -2.26. The van der Waals surface area contributed by atoms with Crippen molar-refractivity contribution in [3.8, 4) is 33.5 Å². The molecule has 5 heterocycles. The lowest BCUT2D eigenvalue weighted by Gasteiger charge is -2.18. The van der Waals surface area contributed by atoms with Gasteiger partial charge in [-0.1, -0.05) is 6.07 Å². The fraction of sp³-hybridized carbons (Fsp3) is 0.250. The van der Waals surface area contributed by atoms with Gasteiger partial charge in [0, 0.05) is 60.0 Å². The van der Waals surface area contributed by atoms with Crippen LogP contribution < -0.4 is 5.32 Å². The highest BCUT2D eigenvalue weighted by atomic mass is 19.1. The topological polar surface area (TPSA) is 78.5 Å². The number of halogens is 2. The first kappa shape index (κ1) is 24.2. The molecular weight excluding hydrogens is 490 g/mol. The Balaban J connectivity index is 1.39. The number of aryl methyl sites for hydroxylation is 1. The van der Waals surface area contributed by atoms with Gasteiger partial charge in [0.25, 0.3) is 0 Å². The molecule has 194 valence electrons. The molecule has 10 heteroatoms. The maximum absolute atomic E-state index is 14.7. The largest absolute Gasteiger partial charge is 0.382 e. The quantitative estimate of drug-likeness (QED) is 0.330. The number of hydrogen-bond acceptors (Lipinski definition) is 6. The van der Waals surface area contributed by atoms with Gasteiger partial charge in [-0.15, -0.1) is 0 Å². The van der Waals surface area contributed by atoms with E-state index in [1.807, 2.05) is 57.6 Å². The molecule has 0 radical (unpaired) electrons. The van der Waals surface area contributed by atoms with E-state index >= 15 is 0 Å². The maximum atomic E-state index is 14.7. The van der Waals surface area contributed by atoms with Crippen LogP contribution in [0, 0.1) is 11.6 Å². The van der Waals surface area contributed by atoms with Crippen molar-refractivity contribution in [1.82, 2.24) is 24.4 Å². The predicted octanol–water partition coefficient (Wildman–Crippen LogP) is 5.31. The van der Waals surface area contributed by atoms with Gasteiger partial charge in [0.2, 0.25) is 0 Å².